The zero-order valence-corrected chi connectivity index (χ0v) is 18.5. The monoisotopic (exact) mass is 442 g/mol. The fourth-order valence-corrected chi connectivity index (χ4v) is 4.03. The molecule has 2 atom stereocenters. The van der Waals surface area contributed by atoms with Crippen LogP contribution in [0.15, 0.2) is 47.5 Å². The van der Waals surface area contributed by atoms with Crippen LogP contribution in [0, 0.1) is 5.92 Å². The lowest BCUT2D eigenvalue weighted by atomic mass is 9.98. The number of para-hydroxylation sites is 1. The second kappa shape index (κ2) is 9.68. The fraction of sp³-hybridized carbons (Fsp3) is 0.391. The molecule has 0 spiro atoms. The Morgan fingerprint density at radius 2 is 2.19 bits per heavy atom. The van der Waals surface area contributed by atoms with Gasteiger partial charge in [0.25, 0.3) is 0 Å². The molecule has 0 saturated carbocycles. The molecule has 31 heavy (non-hydrogen) atoms. The Hall–Kier alpha value is -2.61. The van der Waals surface area contributed by atoms with Gasteiger partial charge in [0.2, 0.25) is 5.91 Å². The fourth-order valence-electron chi connectivity index (χ4n) is 3.86. The highest BCUT2D eigenvalue weighted by atomic mass is 35.5. The van der Waals surface area contributed by atoms with Crippen LogP contribution in [0.2, 0.25) is 5.02 Å². The Morgan fingerprint density at radius 1 is 1.35 bits per heavy atom. The van der Waals surface area contributed by atoms with Crippen molar-refractivity contribution in [3.8, 4) is 11.5 Å². The van der Waals surface area contributed by atoms with Gasteiger partial charge in [-0.2, -0.15) is 0 Å². The number of amidine groups is 1. The Morgan fingerprint density at radius 3 is 3.03 bits per heavy atom. The van der Waals surface area contributed by atoms with Crippen LogP contribution in [-0.4, -0.2) is 62.6 Å². The molecule has 7 nitrogen and oxygen atoms in total. The van der Waals surface area contributed by atoms with Crippen molar-refractivity contribution in [2.24, 2.45) is 10.9 Å². The maximum absolute atomic E-state index is 12.6. The van der Waals surface area contributed by atoms with Gasteiger partial charge in [-0.25, -0.2) is 4.99 Å². The highest BCUT2D eigenvalue weighted by molar-refractivity contribution is 6.31. The smallest absolute Gasteiger partial charge is 0.224 e. The molecule has 0 unspecified atom stereocenters. The van der Waals surface area contributed by atoms with Crippen LogP contribution in [0.3, 0.4) is 0 Å². The van der Waals surface area contributed by atoms with E-state index in [2.05, 4.69) is 15.5 Å². The molecule has 4 rings (SSSR count). The molecule has 2 aromatic rings. The maximum atomic E-state index is 12.6. The summed E-state index contributed by atoms with van der Waals surface area (Å²) in [5.41, 5.74) is 1.62. The summed E-state index contributed by atoms with van der Waals surface area (Å²) in [5, 5.41) is 7.03. The molecule has 2 aromatic carbocycles. The summed E-state index contributed by atoms with van der Waals surface area (Å²) < 4.78 is 11.2. The number of hydrogen-bond acceptors (Lipinski definition) is 6. The van der Waals surface area contributed by atoms with Crippen LogP contribution in [0.25, 0.3) is 0 Å². The zero-order chi connectivity index (χ0) is 21.8. The molecule has 2 aliphatic heterocycles. The topological polar surface area (TPSA) is 75.2 Å². The maximum Gasteiger partial charge on any atom is 0.224 e. The van der Waals surface area contributed by atoms with E-state index in [1.54, 1.807) is 13.2 Å². The number of methoxy groups -OCH3 is 1. The molecule has 164 valence electrons. The summed E-state index contributed by atoms with van der Waals surface area (Å²) >= 11 is 6.22. The Labute approximate surface area is 187 Å². The van der Waals surface area contributed by atoms with Crippen LogP contribution < -0.4 is 15.4 Å². The number of nitrogens with zero attached hydrogens (tertiary/aromatic N) is 2. The second-order valence-corrected chi connectivity index (χ2v) is 8.16. The van der Waals surface area contributed by atoms with Gasteiger partial charge >= 0.3 is 0 Å². The lowest BCUT2D eigenvalue weighted by molar-refractivity contribution is -0.125. The molecule has 1 fully saturated rings. The zero-order valence-electron chi connectivity index (χ0n) is 17.7. The van der Waals surface area contributed by atoms with Crippen molar-refractivity contribution in [2.45, 2.75) is 13.0 Å². The number of benzene rings is 2. The number of halogens is 1. The summed E-state index contributed by atoms with van der Waals surface area (Å²) in [5.74, 6) is 2.07. The number of ether oxygens (including phenoxy) is 2. The van der Waals surface area contributed by atoms with E-state index in [1.165, 1.54) is 0 Å². The van der Waals surface area contributed by atoms with E-state index in [1.807, 2.05) is 43.3 Å². The first-order valence-corrected chi connectivity index (χ1v) is 10.8. The SMILES string of the molecule is COCCNC(=O)[C@H](C)[C@H]1CN(C2=Nc3cc(Cl)ccc3Oc3ccccc32)CCN1. The van der Waals surface area contributed by atoms with Crippen LogP contribution in [-0.2, 0) is 9.53 Å². The van der Waals surface area contributed by atoms with Crippen LogP contribution >= 0.6 is 11.6 Å². The van der Waals surface area contributed by atoms with E-state index in [0.717, 1.165) is 30.2 Å². The quantitative estimate of drug-likeness (QED) is 0.695. The number of nitrogens with one attached hydrogen (secondary N) is 2. The number of carbonyl (C=O) groups excluding carboxylic acids is 1. The summed E-state index contributed by atoms with van der Waals surface area (Å²) in [6.45, 7) is 5.14. The van der Waals surface area contributed by atoms with E-state index >= 15 is 0 Å². The van der Waals surface area contributed by atoms with Crippen molar-refractivity contribution < 1.29 is 14.3 Å². The predicted octanol–water partition coefficient (Wildman–Crippen LogP) is 3.20. The van der Waals surface area contributed by atoms with Gasteiger partial charge in [0.1, 0.15) is 17.3 Å². The lowest BCUT2D eigenvalue weighted by Gasteiger charge is -2.38. The van der Waals surface area contributed by atoms with Gasteiger partial charge in [-0.05, 0) is 30.3 Å². The van der Waals surface area contributed by atoms with Gasteiger partial charge < -0.3 is 25.0 Å². The second-order valence-electron chi connectivity index (χ2n) is 7.72. The van der Waals surface area contributed by atoms with Crippen molar-refractivity contribution >= 4 is 29.0 Å². The Balaban J connectivity index is 1.60. The van der Waals surface area contributed by atoms with Gasteiger partial charge in [0.15, 0.2) is 5.75 Å². The number of fused-ring (bicyclic) bond motifs is 2. The van der Waals surface area contributed by atoms with Gasteiger partial charge in [0.05, 0.1) is 18.1 Å². The third kappa shape index (κ3) is 4.84. The summed E-state index contributed by atoms with van der Waals surface area (Å²) in [6, 6.07) is 13.3. The molecule has 2 N–H and O–H groups in total. The van der Waals surface area contributed by atoms with Gasteiger partial charge in [0, 0.05) is 44.4 Å². The van der Waals surface area contributed by atoms with Gasteiger partial charge in [-0.3, -0.25) is 4.79 Å². The minimum atomic E-state index is -0.195. The number of piperazine rings is 1. The molecule has 0 aliphatic carbocycles. The molecule has 1 saturated heterocycles. The first-order chi connectivity index (χ1) is 15.1. The first-order valence-electron chi connectivity index (χ1n) is 10.5. The minimum Gasteiger partial charge on any atom is -0.454 e. The van der Waals surface area contributed by atoms with Gasteiger partial charge in [-0.15, -0.1) is 0 Å². The van der Waals surface area contributed by atoms with Crippen molar-refractivity contribution in [3.63, 3.8) is 0 Å². The summed E-state index contributed by atoms with van der Waals surface area (Å²) in [4.78, 5) is 19.7. The number of aliphatic imine (C=N–C) groups is 1. The third-order valence-electron chi connectivity index (χ3n) is 5.62. The number of hydrogen-bond donors (Lipinski definition) is 2. The molecule has 8 heteroatoms. The molecule has 2 heterocycles. The molecule has 1 amide bonds. The Bertz CT molecular complexity index is 981. The molecular weight excluding hydrogens is 416 g/mol. The van der Waals surface area contributed by atoms with Crippen molar-refractivity contribution in [1.82, 2.24) is 15.5 Å². The normalized spacial score (nSPS) is 18.7. The Kier molecular flexibility index (Phi) is 6.75. The standard InChI is InChI=1S/C23H27ClN4O3/c1-15(23(29)26-10-12-30-2)19-14-28(11-9-25-19)22-17-5-3-4-6-20(17)31-21-8-7-16(24)13-18(21)27-22/h3-8,13,15,19,25H,9-12,14H2,1-2H3,(H,26,29)/t15-,19-/m1/s1. The largest absolute Gasteiger partial charge is 0.454 e. The molecule has 2 aliphatic rings. The van der Waals surface area contributed by atoms with Gasteiger partial charge in [-0.1, -0.05) is 30.7 Å². The van der Waals surface area contributed by atoms with Crippen molar-refractivity contribution in [2.75, 3.05) is 39.9 Å². The van der Waals surface area contributed by atoms with Crippen molar-refractivity contribution in [1.29, 1.82) is 0 Å². The molecular formula is C23H27ClN4O3. The van der Waals surface area contributed by atoms with Crippen LogP contribution in [0.4, 0.5) is 5.69 Å². The summed E-state index contributed by atoms with van der Waals surface area (Å²) in [6.07, 6.45) is 0. The molecule has 0 aromatic heterocycles. The summed E-state index contributed by atoms with van der Waals surface area (Å²) in [7, 11) is 1.62. The molecule has 0 radical (unpaired) electrons. The van der Waals surface area contributed by atoms with E-state index < -0.39 is 0 Å². The van der Waals surface area contributed by atoms with E-state index in [4.69, 9.17) is 26.1 Å². The minimum absolute atomic E-state index is 0.00541. The van der Waals surface area contributed by atoms with E-state index in [0.29, 0.717) is 36.2 Å². The average molecular weight is 443 g/mol. The highest BCUT2D eigenvalue weighted by Crippen LogP contribution is 2.39. The average Bonchev–Trinajstić information content (AvgIpc) is 2.95. The van der Waals surface area contributed by atoms with Crippen molar-refractivity contribution in [3.05, 3.63) is 53.1 Å². The predicted molar refractivity (Wildman–Crippen MR) is 122 cm³/mol. The highest BCUT2D eigenvalue weighted by Gasteiger charge is 2.31. The third-order valence-corrected chi connectivity index (χ3v) is 5.86. The van der Waals surface area contributed by atoms with Crippen LogP contribution in [0.5, 0.6) is 11.5 Å². The number of carbonyl (C=O) groups is 1. The van der Waals surface area contributed by atoms with E-state index in [9.17, 15) is 4.79 Å². The number of amides is 1. The lowest BCUT2D eigenvalue weighted by Crippen LogP contribution is -2.57. The number of rotatable bonds is 5. The van der Waals surface area contributed by atoms with E-state index in [-0.39, 0.29) is 17.9 Å². The molecule has 0 bridgehead atoms. The first kappa shape index (κ1) is 21.6. The van der Waals surface area contributed by atoms with Crippen LogP contribution in [0.1, 0.15) is 12.5 Å².